The van der Waals surface area contributed by atoms with Crippen molar-refractivity contribution in [3.63, 3.8) is 0 Å². The topological polar surface area (TPSA) is 77.8 Å². The molecule has 0 saturated heterocycles. The van der Waals surface area contributed by atoms with Gasteiger partial charge in [0.25, 0.3) is 5.91 Å². The first kappa shape index (κ1) is 17.6. The van der Waals surface area contributed by atoms with Crippen LogP contribution in [-0.2, 0) is 6.42 Å². The summed E-state index contributed by atoms with van der Waals surface area (Å²) >= 11 is 1.43. The van der Waals surface area contributed by atoms with E-state index < -0.39 is 0 Å². The summed E-state index contributed by atoms with van der Waals surface area (Å²) in [4.78, 5) is 17.5. The fourth-order valence-electron chi connectivity index (χ4n) is 3.10. The van der Waals surface area contributed by atoms with Crippen LogP contribution < -0.4 is 14.8 Å². The van der Waals surface area contributed by atoms with Gasteiger partial charge < -0.3 is 14.8 Å². The Bertz CT molecular complexity index is 1220. The average molecular weight is 410 g/mol. The van der Waals surface area contributed by atoms with E-state index in [9.17, 15) is 9.18 Å². The number of rotatable bonds is 5. The largest absolute Gasteiger partial charge is 0.454 e. The minimum Gasteiger partial charge on any atom is -0.454 e. The number of benzene rings is 2. The fourth-order valence-corrected chi connectivity index (χ4v) is 3.95. The summed E-state index contributed by atoms with van der Waals surface area (Å²) < 4.78 is 26.2. The maximum Gasteiger partial charge on any atom is 0.251 e. The van der Waals surface area contributed by atoms with Crippen LogP contribution in [0.15, 0.2) is 47.8 Å². The van der Waals surface area contributed by atoms with Crippen molar-refractivity contribution >= 4 is 22.2 Å². The second-order valence-corrected chi connectivity index (χ2v) is 7.25. The number of carbonyl (C=O) groups is 1. The summed E-state index contributed by atoms with van der Waals surface area (Å²) in [6.45, 7) is 0.593. The minimum atomic E-state index is -0.358. The van der Waals surface area contributed by atoms with Gasteiger partial charge in [-0.3, -0.25) is 4.79 Å². The van der Waals surface area contributed by atoms with E-state index in [0.29, 0.717) is 46.4 Å². The number of amides is 1. The Morgan fingerprint density at radius 3 is 2.97 bits per heavy atom. The number of nitrogens with one attached hydrogen (secondary N) is 1. The molecule has 0 fully saturated rings. The quantitative estimate of drug-likeness (QED) is 0.546. The molecule has 2 aromatic carbocycles. The van der Waals surface area contributed by atoms with Crippen molar-refractivity contribution in [3.05, 3.63) is 64.9 Å². The Balaban J connectivity index is 1.27. The van der Waals surface area contributed by atoms with Crippen LogP contribution in [0.2, 0.25) is 0 Å². The fraction of sp³-hybridized carbons (Fsp3) is 0.150. The third-order valence-electron chi connectivity index (χ3n) is 4.57. The number of nitrogens with zero attached hydrogens (tertiary/aromatic N) is 3. The zero-order valence-electron chi connectivity index (χ0n) is 15.1. The normalized spacial score (nSPS) is 12.4. The molecule has 0 bridgehead atoms. The molecule has 0 unspecified atom stereocenters. The number of ether oxygens (including phenoxy) is 2. The van der Waals surface area contributed by atoms with Gasteiger partial charge in [-0.05, 0) is 30.3 Å². The average Bonchev–Trinajstić information content (AvgIpc) is 3.44. The Morgan fingerprint density at radius 2 is 2.07 bits per heavy atom. The van der Waals surface area contributed by atoms with Gasteiger partial charge in [-0.25, -0.2) is 8.91 Å². The Hall–Kier alpha value is -3.46. The zero-order valence-corrected chi connectivity index (χ0v) is 15.9. The summed E-state index contributed by atoms with van der Waals surface area (Å²) in [5, 5.41) is 9.26. The van der Waals surface area contributed by atoms with E-state index in [0.717, 1.165) is 5.69 Å². The molecule has 2 aromatic heterocycles. The van der Waals surface area contributed by atoms with Gasteiger partial charge in [0, 0.05) is 23.9 Å². The van der Waals surface area contributed by atoms with Gasteiger partial charge in [-0.2, -0.15) is 4.98 Å². The molecule has 1 N–H and O–H groups in total. The first-order chi connectivity index (χ1) is 14.2. The summed E-state index contributed by atoms with van der Waals surface area (Å²) in [7, 11) is 0. The van der Waals surface area contributed by atoms with Crippen molar-refractivity contribution in [2.45, 2.75) is 6.42 Å². The summed E-state index contributed by atoms with van der Waals surface area (Å²) in [6, 6.07) is 11.5. The van der Waals surface area contributed by atoms with Crippen LogP contribution >= 0.6 is 11.3 Å². The lowest BCUT2D eigenvalue weighted by Gasteiger charge is -2.05. The molecule has 0 atom stereocenters. The highest BCUT2D eigenvalue weighted by molar-refractivity contribution is 7.15. The molecule has 1 aliphatic rings. The van der Waals surface area contributed by atoms with E-state index in [1.54, 1.807) is 40.9 Å². The van der Waals surface area contributed by atoms with E-state index in [4.69, 9.17) is 9.47 Å². The van der Waals surface area contributed by atoms with Crippen LogP contribution in [0.5, 0.6) is 11.5 Å². The van der Waals surface area contributed by atoms with Crippen LogP contribution in [0.4, 0.5) is 4.39 Å². The van der Waals surface area contributed by atoms with E-state index in [-0.39, 0.29) is 18.5 Å². The van der Waals surface area contributed by atoms with Crippen LogP contribution in [0.25, 0.3) is 16.3 Å². The number of thiazole rings is 1. The van der Waals surface area contributed by atoms with Crippen LogP contribution in [-0.4, -0.2) is 33.8 Å². The molecular formula is C20H15FN4O3S. The number of hydrogen-bond acceptors (Lipinski definition) is 6. The number of fused-ring (bicyclic) bond motifs is 2. The molecule has 0 aliphatic carbocycles. The van der Waals surface area contributed by atoms with Crippen LogP contribution in [0.3, 0.4) is 0 Å². The van der Waals surface area contributed by atoms with Gasteiger partial charge in [0.05, 0.1) is 11.3 Å². The maximum atomic E-state index is 14.0. The number of halogens is 1. The van der Waals surface area contributed by atoms with E-state index in [2.05, 4.69) is 15.4 Å². The van der Waals surface area contributed by atoms with Crippen molar-refractivity contribution in [3.8, 4) is 22.9 Å². The van der Waals surface area contributed by atoms with E-state index >= 15 is 0 Å². The Morgan fingerprint density at radius 1 is 1.21 bits per heavy atom. The lowest BCUT2D eigenvalue weighted by atomic mass is 10.2. The van der Waals surface area contributed by atoms with Gasteiger partial charge >= 0.3 is 0 Å². The molecule has 3 heterocycles. The monoisotopic (exact) mass is 410 g/mol. The molecule has 0 radical (unpaired) electrons. The van der Waals surface area contributed by atoms with Crippen molar-refractivity contribution < 1.29 is 18.7 Å². The van der Waals surface area contributed by atoms with Crippen molar-refractivity contribution in [2.24, 2.45) is 0 Å². The van der Waals surface area contributed by atoms with Gasteiger partial charge in [0.15, 0.2) is 17.3 Å². The molecule has 29 heavy (non-hydrogen) atoms. The number of carbonyl (C=O) groups excluding carboxylic acids is 1. The van der Waals surface area contributed by atoms with E-state index in [1.807, 2.05) is 5.38 Å². The zero-order chi connectivity index (χ0) is 19.8. The van der Waals surface area contributed by atoms with Gasteiger partial charge in [-0.15, -0.1) is 16.4 Å². The van der Waals surface area contributed by atoms with Crippen molar-refractivity contribution in [1.82, 2.24) is 19.9 Å². The summed E-state index contributed by atoms with van der Waals surface area (Å²) in [5.41, 5.74) is 1.77. The number of hydrogen-bond donors (Lipinski definition) is 1. The van der Waals surface area contributed by atoms with Crippen LogP contribution in [0.1, 0.15) is 16.1 Å². The van der Waals surface area contributed by atoms with Gasteiger partial charge in [0.2, 0.25) is 11.8 Å². The molecule has 0 saturated carbocycles. The highest BCUT2D eigenvalue weighted by Crippen LogP contribution is 2.32. The molecule has 146 valence electrons. The molecule has 7 nitrogen and oxygen atoms in total. The first-order valence-corrected chi connectivity index (χ1v) is 9.83. The highest BCUT2D eigenvalue weighted by Gasteiger charge is 2.17. The lowest BCUT2D eigenvalue weighted by molar-refractivity contribution is 0.0953. The van der Waals surface area contributed by atoms with Crippen molar-refractivity contribution in [1.29, 1.82) is 0 Å². The highest BCUT2D eigenvalue weighted by atomic mass is 32.1. The SMILES string of the molecule is O=C(NCCc1csc2nc(-c3ccccc3F)nn12)c1ccc2c(c1)OCO2. The van der Waals surface area contributed by atoms with Gasteiger partial charge in [-0.1, -0.05) is 12.1 Å². The van der Waals surface area contributed by atoms with Crippen LogP contribution in [0, 0.1) is 5.82 Å². The maximum absolute atomic E-state index is 14.0. The molecule has 1 amide bonds. The minimum absolute atomic E-state index is 0.168. The smallest absolute Gasteiger partial charge is 0.251 e. The predicted octanol–water partition coefficient (Wildman–Crippen LogP) is 3.30. The number of aromatic nitrogens is 3. The molecule has 1 aliphatic heterocycles. The molecular weight excluding hydrogens is 395 g/mol. The van der Waals surface area contributed by atoms with E-state index in [1.165, 1.54) is 17.4 Å². The summed E-state index contributed by atoms with van der Waals surface area (Å²) in [6.07, 6.45) is 0.566. The Kier molecular flexibility index (Phi) is 4.36. The third-order valence-corrected chi connectivity index (χ3v) is 5.43. The Labute approximate surface area is 168 Å². The standard InChI is InChI=1S/C20H15FN4O3S/c21-15-4-2-1-3-14(15)18-23-20-25(24-18)13(10-29-20)7-8-22-19(26)12-5-6-16-17(9-12)28-11-27-16/h1-6,9-10H,7-8,11H2,(H,22,26). The molecule has 9 heteroatoms. The predicted molar refractivity (Wildman–Crippen MR) is 105 cm³/mol. The molecule has 5 rings (SSSR count). The van der Waals surface area contributed by atoms with Crippen molar-refractivity contribution in [2.75, 3.05) is 13.3 Å². The second-order valence-electron chi connectivity index (χ2n) is 6.41. The lowest BCUT2D eigenvalue weighted by Crippen LogP contribution is -2.26. The van der Waals surface area contributed by atoms with Gasteiger partial charge in [0.1, 0.15) is 5.82 Å². The molecule has 0 spiro atoms. The summed E-state index contributed by atoms with van der Waals surface area (Å²) in [5.74, 6) is 1.00. The first-order valence-electron chi connectivity index (χ1n) is 8.95. The third kappa shape index (κ3) is 3.29. The molecule has 4 aromatic rings. The second kappa shape index (κ2) is 7.17.